The highest BCUT2D eigenvalue weighted by atomic mass is 127. The normalized spacial score (nSPS) is 16.1. The van der Waals surface area contributed by atoms with Crippen molar-refractivity contribution in [2.45, 2.75) is 32.7 Å². The summed E-state index contributed by atoms with van der Waals surface area (Å²) in [5.74, 6) is 0.699. The number of morpholine rings is 1. The molecule has 1 aliphatic rings. The minimum atomic E-state index is -0.00444. The second kappa shape index (κ2) is 14.2. The van der Waals surface area contributed by atoms with Gasteiger partial charge in [0, 0.05) is 50.0 Å². The number of hydrogen-bond donors (Lipinski definition) is 2. The summed E-state index contributed by atoms with van der Waals surface area (Å²) in [6.07, 6.45) is 2.18. The maximum Gasteiger partial charge on any atom is 0.243 e. The number of guanidine groups is 1. The Morgan fingerprint density at radius 3 is 2.62 bits per heavy atom. The molecule has 1 unspecified atom stereocenters. The number of halogens is 1. The van der Waals surface area contributed by atoms with E-state index in [1.165, 1.54) is 9.75 Å². The Bertz CT molecular complexity index is 632. The van der Waals surface area contributed by atoms with Gasteiger partial charge < -0.3 is 20.3 Å². The van der Waals surface area contributed by atoms with Crippen LogP contribution in [0.5, 0.6) is 0 Å². The van der Waals surface area contributed by atoms with Gasteiger partial charge in [-0.25, -0.2) is 4.99 Å². The predicted octanol–water partition coefficient (Wildman–Crippen LogP) is 2.47. The van der Waals surface area contributed by atoms with Crippen molar-refractivity contribution in [1.82, 2.24) is 20.4 Å². The largest absolute Gasteiger partial charge is 0.379 e. The third-order valence-corrected chi connectivity index (χ3v) is 5.83. The van der Waals surface area contributed by atoms with E-state index in [0.717, 1.165) is 52.2 Å². The van der Waals surface area contributed by atoms with E-state index < -0.39 is 0 Å². The van der Waals surface area contributed by atoms with Gasteiger partial charge in [0.1, 0.15) is 6.54 Å². The molecule has 2 rings (SSSR count). The smallest absolute Gasteiger partial charge is 0.243 e. The van der Waals surface area contributed by atoms with E-state index in [0.29, 0.717) is 5.96 Å². The van der Waals surface area contributed by atoms with E-state index in [2.05, 4.69) is 46.5 Å². The first-order valence-corrected chi connectivity index (χ1v) is 10.9. The summed E-state index contributed by atoms with van der Waals surface area (Å²) in [4.78, 5) is 23.1. The molecule has 29 heavy (non-hydrogen) atoms. The molecule has 9 heteroatoms. The first kappa shape index (κ1) is 26.1. The van der Waals surface area contributed by atoms with Crippen LogP contribution in [0, 0.1) is 6.92 Å². The molecule has 2 N–H and O–H groups in total. The zero-order valence-corrected chi connectivity index (χ0v) is 21.2. The lowest BCUT2D eigenvalue weighted by Gasteiger charge is -2.34. The van der Waals surface area contributed by atoms with Crippen LogP contribution in [0.1, 0.15) is 35.6 Å². The Balaban J connectivity index is 0.00000420. The van der Waals surface area contributed by atoms with E-state index in [-0.39, 0.29) is 42.5 Å². The van der Waals surface area contributed by atoms with Crippen LogP contribution in [-0.2, 0) is 9.53 Å². The molecule has 1 fully saturated rings. The molecule has 0 spiro atoms. The second-order valence-corrected chi connectivity index (χ2v) is 8.55. The van der Waals surface area contributed by atoms with Crippen molar-refractivity contribution >= 4 is 47.2 Å². The number of hydrogen-bond acceptors (Lipinski definition) is 5. The number of likely N-dealkylation sites (N-methyl/N-ethyl adjacent to an activating group) is 1. The highest BCUT2D eigenvalue weighted by molar-refractivity contribution is 14.0. The van der Waals surface area contributed by atoms with E-state index in [1.54, 1.807) is 19.0 Å². The third-order valence-electron chi connectivity index (χ3n) is 4.73. The topological polar surface area (TPSA) is 69.2 Å². The van der Waals surface area contributed by atoms with E-state index in [4.69, 9.17) is 4.74 Å². The maximum atomic E-state index is 11.9. The van der Waals surface area contributed by atoms with Crippen molar-refractivity contribution in [2.75, 3.05) is 60.0 Å². The molecule has 1 atom stereocenters. The molecule has 1 aromatic rings. The number of ether oxygens (including phenoxy) is 1. The van der Waals surface area contributed by atoms with Crippen molar-refractivity contribution in [2.24, 2.45) is 4.99 Å². The van der Waals surface area contributed by atoms with Crippen molar-refractivity contribution in [3.8, 4) is 0 Å². The fourth-order valence-electron chi connectivity index (χ4n) is 2.97. The molecule has 0 saturated carbocycles. The number of rotatable bonds is 9. The number of aliphatic imine (C=N–C) groups is 1. The fraction of sp³-hybridized carbons (Fsp3) is 0.700. The standard InChI is InChI=1S/C20H35N5O2S.HI/c1-5-6-9-21-20(23-15-19(26)24(3)4)22-14-17(18-8-7-16(2)28-18)25-10-12-27-13-11-25;/h7-8,17H,5-6,9-15H2,1-4H3,(H2,21,22,23);1H. The summed E-state index contributed by atoms with van der Waals surface area (Å²) in [5, 5.41) is 6.83. The fourth-order valence-corrected chi connectivity index (χ4v) is 3.98. The van der Waals surface area contributed by atoms with Crippen LogP contribution in [0.2, 0.25) is 0 Å². The number of carbonyl (C=O) groups excluding carboxylic acids is 1. The molecule has 0 radical (unpaired) electrons. The first-order chi connectivity index (χ1) is 13.5. The van der Waals surface area contributed by atoms with Crippen LogP contribution in [-0.4, -0.2) is 81.7 Å². The molecule has 1 amide bonds. The molecule has 1 aromatic heterocycles. The Labute approximate surface area is 196 Å². The number of aryl methyl sites for hydroxylation is 1. The van der Waals surface area contributed by atoms with Gasteiger partial charge in [-0.1, -0.05) is 13.3 Å². The molecular weight excluding hydrogens is 501 g/mol. The maximum absolute atomic E-state index is 11.9. The lowest BCUT2D eigenvalue weighted by molar-refractivity contribution is -0.127. The zero-order chi connectivity index (χ0) is 20.4. The molecule has 166 valence electrons. The molecule has 0 aliphatic carbocycles. The van der Waals surface area contributed by atoms with Crippen molar-refractivity contribution in [3.63, 3.8) is 0 Å². The second-order valence-electron chi connectivity index (χ2n) is 7.23. The average Bonchev–Trinajstić information content (AvgIpc) is 3.12. The number of thiophene rings is 1. The SMILES string of the molecule is CCCCNC(=NCC(=O)N(C)C)NCC(c1ccc(C)s1)N1CCOCC1.I. The molecule has 0 aromatic carbocycles. The Morgan fingerprint density at radius 2 is 2.03 bits per heavy atom. The summed E-state index contributed by atoms with van der Waals surface area (Å²) >= 11 is 1.84. The Kier molecular flexibility index (Phi) is 12.8. The van der Waals surface area contributed by atoms with E-state index in [9.17, 15) is 4.79 Å². The van der Waals surface area contributed by atoms with Crippen LogP contribution in [0.15, 0.2) is 17.1 Å². The van der Waals surface area contributed by atoms with Crippen LogP contribution in [0.3, 0.4) is 0 Å². The van der Waals surface area contributed by atoms with Crippen molar-refractivity contribution in [1.29, 1.82) is 0 Å². The average molecular weight is 538 g/mol. The van der Waals surface area contributed by atoms with E-state index in [1.807, 2.05) is 11.3 Å². The highest BCUT2D eigenvalue weighted by Gasteiger charge is 2.24. The number of nitrogens with zero attached hydrogens (tertiary/aromatic N) is 3. The van der Waals surface area contributed by atoms with Gasteiger partial charge in [-0.2, -0.15) is 0 Å². The Morgan fingerprint density at radius 1 is 1.31 bits per heavy atom. The summed E-state index contributed by atoms with van der Waals surface area (Å²) in [6.45, 7) is 9.44. The first-order valence-electron chi connectivity index (χ1n) is 10.1. The van der Waals surface area contributed by atoms with E-state index >= 15 is 0 Å². The minimum absolute atomic E-state index is 0. The van der Waals surface area contributed by atoms with Gasteiger partial charge in [-0.3, -0.25) is 9.69 Å². The monoisotopic (exact) mass is 537 g/mol. The Hall–Kier alpha value is -0.910. The predicted molar refractivity (Wildman–Crippen MR) is 132 cm³/mol. The number of nitrogens with one attached hydrogen (secondary N) is 2. The number of unbranched alkanes of at least 4 members (excludes halogenated alkanes) is 1. The van der Waals surface area contributed by atoms with Gasteiger partial charge in [-0.05, 0) is 25.5 Å². The van der Waals surface area contributed by atoms with Gasteiger partial charge >= 0.3 is 0 Å². The van der Waals surface area contributed by atoms with Crippen molar-refractivity contribution in [3.05, 3.63) is 21.9 Å². The summed E-state index contributed by atoms with van der Waals surface area (Å²) < 4.78 is 5.53. The minimum Gasteiger partial charge on any atom is -0.379 e. The quantitative estimate of drug-likeness (QED) is 0.219. The van der Waals surface area contributed by atoms with Crippen LogP contribution >= 0.6 is 35.3 Å². The molecule has 2 heterocycles. The van der Waals surface area contributed by atoms with Gasteiger partial charge in [0.2, 0.25) is 5.91 Å². The van der Waals surface area contributed by atoms with Crippen LogP contribution < -0.4 is 10.6 Å². The highest BCUT2D eigenvalue weighted by Crippen LogP contribution is 2.27. The van der Waals surface area contributed by atoms with Crippen LogP contribution in [0.4, 0.5) is 0 Å². The molecular formula is C20H36IN5O2S. The van der Waals surface area contributed by atoms with Gasteiger partial charge in [0.15, 0.2) is 5.96 Å². The number of amides is 1. The zero-order valence-electron chi connectivity index (χ0n) is 18.1. The summed E-state index contributed by atoms with van der Waals surface area (Å²) in [5.41, 5.74) is 0. The molecule has 1 saturated heterocycles. The molecule has 1 aliphatic heterocycles. The lowest BCUT2D eigenvalue weighted by Crippen LogP contribution is -2.46. The lowest BCUT2D eigenvalue weighted by atomic mass is 10.2. The third kappa shape index (κ3) is 9.18. The molecule has 7 nitrogen and oxygen atoms in total. The van der Waals surface area contributed by atoms with Gasteiger partial charge in [0.25, 0.3) is 0 Å². The van der Waals surface area contributed by atoms with Crippen molar-refractivity contribution < 1.29 is 9.53 Å². The van der Waals surface area contributed by atoms with Gasteiger partial charge in [0.05, 0.1) is 19.3 Å². The van der Waals surface area contributed by atoms with Crippen LogP contribution in [0.25, 0.3) is 0 Å². The molecule has 0 bridgehead atoms. The summed E-state index contributed by atoms with van der Waals surface area (Å²) in [6, 6.07) is 4.67. The number of carbonyl (C=O) groups is 1. The summed E-state index contributed by atoms with van der Waals surface area (Å²) in [7, 11) is 3.51. The van der Waals surface area contributed by atoms with Gasteiger partial charge in [-0.15, -0.1) is 35.3 Å².